The molecule has 2 aromatic carbocycles. The number of rotatable bonds is 5. The van der Waals surface area contributed by atoms with E-state index in [-0.39, 0.29) is 5.91 Å². The van der Waals surface area contributed by atoms with E-state index < -0.39 is 12.1 Å². The lowest BCUT2D eigenvalue weighted by Gasteiger charge is -2.16. The van der Waals surface area contributed by atoms with Gasteiger partial charge in [0.25, 0.3) is 5.91 Å². The number of esters is 1. The molecule has 2 aromatic rings. The van der Waals surface area contributed by atoms with Gasteiger partial charge in [-0.25, -0.2) is 4.79 Å². The summed E-state index contributed by atoms with van der Waals surface area (Å²) in [5.41, 5.74) is 2.91. The van der Waals surface area contributed by atoms with Crippen molar-refractivity contribution in [3.05, 3.63) is 59.2 Å². The molecule has 0 radical (unpaired) electrons. The number of aryl methyl sites for hydroxylation is 2. The standard InChI is InChI=1S/C19H21NO4/c1-12-6-5-7-16(10-12)24-14(3)18(21)20-17-9-8-15(11-13(17)2)19(22)23-4/h5-11,14H,1-4H3,(H,20,21). The summed E-state index contributed by atoms with van der Waals surface area (Å²) in [5, 5.41) is 2.81. The Hall–Kier alpha value is -2.82. The van der Waals surface area contributed by atoms with Gasteiger partial charge in [-0.2, -0.15) is 0 Å². The first-order chi connectivity index (χ1) is 11.4. The Morgan fingerprint density at radius 3 is 2.46 bits per heavy atom. The topological polar surface area (TPSA) is 64.6 Å². The Labute approximate surface area is 141 Å². The minimum absolute atomic E-state index is 0.259. The molecule has 0 spiro atoms. The van der Waals surface area contributed by atoms with Gasteiger partial charge in [0.05, 0.1) is 12.7 Å². The number of nitrogens with one attached hydrogen (secondary N) is 1. The summed E-state index contributed by atoms with van der Waals surface area (Å²) in [6, 6.07) is 12.5. The molecule has 1 unspecified atom stereocenters. The van der Waals surface area contributed by atoms with Crippen LogP contribution in [0.3, 0.4) is 0 Å². The lowest BCUT2D eigenvalue weighted by Crippen LogP contribution is -2.30. The zero-order valence-electron chi connectivity index (χ0n) is 14.3. The van der Waals surface area contributed by atoms with Gasteiger partial charge in [-0.15, -0.1) is 0 Å². The SMILES string of the molecule is COC(=O)c1ccc(NC(=O)C(C)Oc2cccc(C)c2)c(C)c1. The highest BCUT2D eigenvalue weighted by Crippen LogP contribution is 2.19. The highest BCUT2D eigenvalue weighted by molar-refractivity contribution is 5.96. The van der Waals surface area contributed by atoms with E-state index in [9.17, 15) is 9.59 Å². The average Bonchev–Trinajstić information content (AvgIpc) is 2.55. The van der Waals surface area contributed by atoms with Crippen molar-refractivity contribution < 1.29 is 19.1 Å². The van der Waals surface area contributed by atoms with Crippen molar-refractivity contribution in [2.45, 2.75) is 26.9 Å². The molecule has 0 heterocycles. The van der Waals surface area contributed by atoms with Crippen LogP contribution in [0.4, 0.5) is 5.69 Å². The highest BCUT2D eigenvalue weighted by atomic mass is 16.5. The minimum Gasteiger partial charge on any atom is -0.481 e. The van der Waals surface area contributed by atoms with Crippen LogP contribution in [-0.4, -0.2) is 25.1 Å². The summed E-state index contributed by atoms with van der Waals surface area (Å²) in [7, 11) is 1.33. The molecule has 5 heteroatoms. The number of benzene rings is 2. The predicted octanol–water partition coefficient (Wildman–Crippen LogP) is 3.50. The van der Waals surface area contributed by atoms with E-state index in [0.717, 1.165) is 11.1 Å². The lowest BCUT2D eigenvalue weighted by molar-refractivity contribution is -0.122. The molecule has 1 atom stereocenters. The van der Waals surface area contributed by atoms with Crippen LogP contribution in [0.2, 0.25) is 0 Å². The van der Waals surface area contributed by atoms with Crippen LogP contribution in [-0.2, 0) is 9.53 Å². The van der Waals surface area contributed by atoms with E-state index in [1.807, 2.05) is 38.1 Å². The van der Waals surface area contributed by atoms with Gasteiger partial charge in [-0.1, -0.05) is 12.1 Å². The smallest absolute Gasteiger partial charge is 0.337 e. The van der Waals surface area contributed by atoms with Gasteiger partial charge < -0.3 is 14.8 Å². The molecule has 0 fully saturated rings. The third-order valence-corrected chi connectivity index (χ3v) is 3.58. The van der Waals surface area contributed by atoms with Gasteiger partial charge in [-0.3, -0.25) is 4.79 Å². The van der Waals surface area contributed by atoms with E-state index in [1.54, 1.807) is 25.1 Å². The Kier molecular flexibility index (Phi) is 5.58. The van der Waals surface area contributed by atoms with Crippen molar-refractivity contribution in [3.63, 3.8) is 0 Å². The molecular weight excluding hydrogens is 306 g/mol. The van der Waals surface area contributed by atoms with Gasteiger partial charge >= 0.3 is 5.97 Å². The lowest BCUT2D eigenvalue weighted by atomic mass is 10.1. The Bertz CT molecular complexity index is 755. The van der Waals surface area contributed by atoms with Crippen molar-refractivity contribution in [3.8, 4) is 5.75 Å². The van der Waals surface area contributed by atoms with Gasteiger partial charge in [0.2, 0.25) is 0 Å². The minimum atomic E-state index is -0.647. The summed E-state index contributed by atoms with van der Waals surface area (Å²) in [6.45, 7) is 5.47. The van der Waals surface area contributed by atoms with Crippen LogP contribution in [0.15, 0.2) is 42.5 Å². The first kappa shape index (κ1) is 17.5. The molecule has 1 N–H and O–H groups in total. The summed E-state index contributed by atoms with van der Waals surface area (Å²) < 4.78 is 10.3. The van der Waals surface area contributed by atoms with Crippen LogP contribution in [0.25, 0.3) is 0 Å². The van der Waals surface area contributed by atoms with E-state index in [4.69, 9.17) is 4.74 Å². The average molecular weight is 327 g/mol. The molecule has 0 aliphatic heterocycles. The number of amides is 1. The largest absolute Gasteiger partial charge is 0.481 e. The van der Waals surface area contributed by atoms with Gasteiger partial charge in [0.1, 0.15) is 5.75 Å². The number of hydrogen-bond donors (Lipinski definition) is 1. The number of hydrogen-bond acceptors (Lipinski definition) is 4. The Morgan fingerprint density at radius 2 is 1.83 bits per heavy atom. The Balaban J connectivity index is 2.04. The Morgan fingerprint density at radius 1 is 1.08 bits per heavy atom. The first-order valence-electron chi connectivity index (χ1n) is 7.64. The zero-order chi connectivity index (χ0) is 17.7. The summed E-state index contributed by atoms with van der Waals surface area (Å²) in [5.74, 6) is -0.0204. The molecule has 0 saturated carbocycles. The molecule has 1 amide bonds. The zero-order valence-corrected chi connectivity index (χ0v) is 14.3. The first-order valence-corrected chi connectivity index (χ1v) is 7.64. The predicted molar refractivity (Wildman–Crippen MR) is 92.4 cm³/mol. The molecule has 2 rings (SSSR count). The van der Waals surface area contributed by atoms with Gasteiger partial charge in [-0.05, 0) is 62.2 Å². The van der Waals surface area contributed by atoms with E-state index in [1.165, 1.54) is 7.11 Å². The van der Waals surface area contributed by atoms with E-state index in [2.05, 4.69) is 10.1 Å². The van der Waals surface area contributed by atoms with Crippen molar-refractivity contribution in [1.82, 2.24) is 0 Å². The molecular formula is C19H21NO4. The number of ether oxygens (including phenoxy) is 2. The van der Waals surface area contributed by atoms with Crippen LogP contribution in [0.5, 0.6) is 5.75 Å². The maximum Gasteiger partial charge on any atom is 0.337 e. The molecule has 126 valence electrons. The van der Waals surface area contributed by atoms with Crippen molar-refractivity contribution >= 4 is 17.6 Å². The second kappa shape index (κ2) is 7.64. The molecule has 0 aromatic heterocycles. The molecule has 5 nitrogen and oxygen atoms in total. The number of anilines is 1. The maximum atomic E-state index is 12.3. The number of carbonyl (C=O) groups is 2. The fourth-order valence-corrected chi connectivity index (χ4v) is 2.23. The van der Waals surface area contributed by atoms with Crippen LogP contribution in [0, 0.1) is 13.8 Å². The molecule has 0 saturated heterocycles. The van der Waals surface area contributed by atoms with Crippen LogP contribution < -0.4 is 10.1 Å². The van der Waals surface area contributed by atoms with Gasteiger partial charge in [0, 0.05) is 5.69 Å². The van der Waals surface area contributed by atoms with E-state index in [0.29, 0.717) is 17.0 Å². The van der Waals surface area contributed by atoms with Crippen molar-refractivity contribution in [1.29, 1.82) is 0 Å². The molecule has 0 aliphatic carbocycles. The maximum absolute atomic E-state index is 12.3. The summed E-state index contributed by atoms with van der Waals surface area (Å²) in [6.07, 6.45) is -0.647. The molecule has 0 bridgehead atoms. The third kappa shape index (κ3) is 4.35. The van der Waals surface area contributed by atoms with E-state index >= 15 is 0 Å². The second-order valence-electron chi connectivity index (χ2n) is 5.59. The van der Waals surface area contributed by atoms with Crippen LogP contribution in [0.1, 0.15) is 28.4 Å². The molecule has 24 heavy (non-hydrogen) atoms. The third-order valence-electron chi connectivity index (χ3n) is 3.58. The monoisotopic (exact) mass is 327 g/mol. The normalized spacial score (nSPS) is 11.5. The van der Waals surface area contributed by atoms with Gasteiger partial charge in [0.15, 0.2) is 6.10 Å². The van der Waals surface area contributed by atoms with Crippen molar-refractivity contribution in [2.24, 2.45) is 0 Å². The second-order valence-corrected chi connectivity index (χ2v) is 5.59. The van der Waals surface area contributed by atoms with Crippen molar-refractivity contribution in [2.75, 3.05) is 12.4 Å². The number of carbonyl (C=O) groups excluding carboxylic acids is 2. The summed E-state index contributed by atoms with van der Waals surface area (Å²) in [4.78, 5) is 23.8. The highest BCUT2D eigenvalue weighted by Gasteiger charge is 2.16. The number of methoxy groups -OCH3 is 1. The fourth-order valence-electron chi connectivity index (χ4n) is 2.23. The molecule has 0 aliphatic rings. The summed E-state index contributed by atoms with van der Waals surface area (Å²) >= 11 is 0. The fraction of sp³-hybridized carbons (Fsp3) is 0.263. The quantitative estimate of drug-likeness (QED) is 0.854. The van der Waals surface area contributed by atoms with Crippen LogP contribution >= 0.6 is 0 Å².